The molecule has 1 aromatic carbocycles. The number of carbonyl (C=O) groups is 1. The van der Waals surface area contributed by atoms with Crippen LogP contribution < -0.4 is 5.32 Å². The lowest BCUT2D eigenvalue weighted by atomic mass is 10.1. The highest BCUT2D eigenvalue weighted by atomic mass is 16.6. The van der Waals surface area contributed by atoms with Crippen LogP contribution in [-0.2, 0) is 4.79 Å². The number of nitrogens with one attached hydrogen (secondary N) is 1. The molecule has 126 valence electrons. The minimum atomic E-state index is -0.511. The van der Waals surface area contributed by atoms with E-state index >= 15 is 0 Å². The third-order valence-corrected chi connectivity index (χ3v) is 4.26. The van der Waals surface area contributed by atoms with E-state index in [2.05, 4.69) is 5.32 Å². The van der Waals surface area contributed by atoms with Gasteiger partial charge < -0.3 is 15.3 Å². The minimum absolute atomic E-state index is 0.108. The van der Waals surface area contributed by atoms with Crippen molar-refractivity contribution in [1.29, 1.82) is 0 Å². The Morgan fingerprint density at radius 2 is 2.17 bits per heavy atom. The van der Waals surface area contributed by atoms with Crippen molar-refractivity contribution in [2.45, 2.75) is 31.8 Å². The molecule has 0 saturated heterocycles. The van der Waals surface area contributed by atoms with Crippen LogP contribution in [0.1, 0.15) is 25.7 Å². The van der Waals surface area contributed by atoms with Crippen molar-refractivity contribution in [3.8, 4) is 0 Å². The van der Waals surface area contributed by atoms with Crippen LogP contribution in [-0.4, -0.2) is 47.1 Å². The standard InChI is InChI=1S/C16H23N3O4/c1-18(11-12-5-4-8-15(12)20)10-9-16(21)17-13-6-2-3-7-14(13)19(22)23/h2-3,6-7,12,15,20H,4-5,8-11H2,1H3,(H,17,21). The molecule has 1 aliphatic rings. The second-order valence-corrected chi connectivity index (χ2v) is 6.09. The van der Waals surface area contributed by atoms with E-state index in [1.54, 1.807) is 12.1 Å². The molecule has 0 aliphatic heterocycles. The molecule has 0 heterocycles. The molecule has 7 heteroatoms. The van der Waals surface area contributed by atoms with E-state index in [1.807, 2.05) is 11.9 Å². The number of benzene rings is 1. The zero-order valence-electron chi connectivity index (χ0n) is 13.3. The van der Waals surface area contributed by atoms with Gasteiger partial charge in [0.1, 0.15) is 5.69 Å². The number of aliphatic hydroxyl groups is 1. The van der Waals surface area contributed by atoms with Crippen molar-refractivity contribution in [1.82, 2.24) is 4.90 Å². The summed E-state index contributed by atoms with van der Waals surface area (Å²) in [4.78, 5) is 24.4. The van der Waals surface area contributed by atoms with Gasteiger partial charge in [-0.25, -0.2) is 0 Å². The van der Waals surface area contributed by atoms with Gasteiger partial charge >= 0.3 is 0 Å². The minimum Gasteiger partial charge on any atom is -0.393 e. The Hall–Kier alpha value is -1.99. The Morgan fingerprint density at radius 1 is 1.43 bits per heavy atom. The fourth-order valence-electron chi connectivity index (χ4n) is 2.97. The SMILES string of the molecule is CN(CCC(=O)Nc1ccccc1[N+](=O)[O-])CC1CCCC1O. The molecule has 1 aromatic rings. The van der Waals surface area contributed by atoms with Gasteiger partial charge in [0, 0.05) is 25.6 Å². The molecule has 2 atom stereocenters. The summed E-state index contributed by atoms with van der Waals surface area (Å²) in [6, 6.07) is 6.10. The van der Waals surface area contributed by atoms with Crippen molar-refractivity contribution in [2.75, 3.05) is 25.5 Å². The Bertz CT molecular complexity index is 564. The van der Waals surface area contributed by atoms with E-state index in [-0.39, 0.29) is 35.7 Å². The summed E-state index contributed by atoms with van der Waals surface area (Å²) < 4.78 is 0. The first-order valence-electron chi connectivity index (χ1n) is 7.87. The van der Waals surface area contributed by atoms with Gasteiger partial charge in [0.05, 0.1) is 11.0 Å². The zero-order valence-corrected chi connectivity index (χ0v) is 13.3. The van der Waals surface area contributed by atoms with Gasteiger partial charge in [-0.05, 0) is 31.9 Å². The largest absolute Gasteiger partial charge is 0.393 e. The van der Waals surface area contributed by atoms with Crippen LogP contribution in [0.2, 0.25) is 0 Å². The molecule has 0 aromatic heterocycles. The van der Waals surface area contributed by atoms with Crippen LogP contribution in [0.5, 0.6) is 0 Å². The monoisotopic (exact) mass is 321 g/mol. The smallest absolute Gasteiger partial charge is 0.292 e. The quantitative estimate of drug-likeness (QED) is 0.591. The van der Waals surface area contributed by atoms with Crippen LogP contribution in [0.25, 0.3) is 0 Å². The van der Waals surface area contributed by atoms with Gasteiger partial charge in [-0.1, -0.05) is 18.6 Å². The van der Waals surface area contributed by atoms with Crippen LogP contribution in [0.3, 0.4) is 0 Å². The molecule has 2 rings (SSSR count). The van der Waals surface area contributed by atoms with E-state index in [1.165, 1.54) is 12.1 Å². The molecule has 23 heavy (non-hydrogen) atoms. The van der Waals surface area contributed by atoms with Crippen molar-refractivity contribution >= 4 is 17.3 Å². The van der Waals surface area contributed by atoms with E-state index in [0.717, 1.165) is 25.8 Å². The highest BCUT2D eigenvalue weighted by Gasteiger charge is 2.26. The predicted molar refractivity (Wildman–Crippen MR) is 87.2 cm³/mol. The first-order valence-corrected chi connectivity index (χ1v) is 7.87. The number of nitro benzene ring substituents is 1. The van der Waals surface area contributed by atoms with Gasteiger partial charge in [-0.2, -0.15) is 0 Å². The molecule has 0 bridgehead atoms. The maximum absolute atomic E-state index is 12.0. The van der Waals surface area contributed by atoms with Crippen LogP contribution in [0.15, 0.2) is 24.3 Å². The van der Waals surface area contributed by atoms with Crippen molar-refractivity contribution < 1.29 is 14.8 Å². The van der Waals surface area contributed by atoms with Gasteiger partial charge in [-0.15, -0.1) is 0 Å². The fourth-order valence-corrected chi connectivity index (χ4v) is 2.97. The van der Waals surface area contributed by atoms with Crippen LogP contribution in [0, 0.1) is 16.0 Å². The van der Waals surface area contributed by atoms with Gasteiger partial charge in [0.15, 0.2) is 0 Å². The number of carbonyl (C=O) groups excluding carboxylic acids is 1. The molecule has 2 N–H and O–H groups in total. The number of rotatable bonds is 7. The lowest BCUT2D eigenvalue weighted by Crippen LogP contribution is -2.32. The number of nitro groups is 1. The molecule has 0 radical (unpaired) electrons. The highest BCUT2D eigenvalue weighted by molar-refractivity contribution is 5.93. The predicted octanol–water partition coefficient (Wildman–Crippen LogP) is 2.02. The van der Waals surface area contributed by atoms with E-state index < -0.39 is 4.92 Å². The lowest BCUT2D eigenvalue weighted by molar-refractivity contribution is -0.383. The third-order valence-electron chi connectivity index (χ3n) is 4.26. The van der Waals surface area contributed by atoms with Crippen molar-refractivity contribution in [3.05, 3.63) is 34.4 Å². The van der Waals surface area contributed by atoms with Gasteiger partial charge in [0.25, 0.3) is 5.69 Å². The topological polar surface area (TPSA) is 95.7 Å². The molecule has 1 saturated carbocycles. The maximum atomic E-state index is 12.0. The number of nitrogens with zero attached hydrogens (tertiary/aromatic N) is 2. The zero-order chi connectivity index (χ0) is 16.8. The lowest BCUT2D eigenvalue weighted by Gasteiger charge is -2.22. The van der Waals surface area contributed by atoms with Crippen LogP contribution in [0.4, 0.5) is 11.4 Å². The van der Waals surface area contributed by atoms with Crippen molar-refractivity contribution in [3.63, 3.8) is 0 Å². The molecule has 7 nitrogen and oxygen atoms in total. The summed E-state index contributed by atoms with van der Waals surface area (Å²) in [5.41, 5.74) is 0.111. The molecule has 0 spiro atoms. The van der Waals surface area contributed by atoms with E-state index in [4.69, 9.17) is 0 Å². The summed E-state index contributed by atoms with van der Waals surface area (Å²) in [7, 11) is 1.92. The average Bonchev–Trinajstić information content (AvgIpc) is 2.91. The molecular formula is C16H23N3O4. The number of anilines is 1. The second-order valence-electron chi connectivity index (χ2n) is 6.09. The Labute approximate surface area is 135 Å². The summed E-state index contributed by atoms with van der Waals surface area (Å²) in [6.07, 6.45) is 2.95. The Kier molecular flexibility index (Phi) is 6.06. The number of hydrogen-bond acceptors (Lipinski definition) is 5. The summed E-state index contributed by atoms with van der Waals surface area (Å²) in [5.74, 6) is 0.0244. The third kappa shape index (κ3) is 5.01. The second kappa shape index (κ2) is 8.03. The Balaban J connectivity index is 1.80. The van der Waals surface area contributed by atoms with Crippen LogP contribution >= 0.6 is 0 Å². The summed E-state index contributed by atoms with van der Waals surface area (Å²) in [6.45, 7) is 1.32. The Morgan fingerprint density at radius 3 is 2.83 bits per heavy atom. The molecule has 1 aliphatic carbocycles. The number of hydrogen-bond donors (Lipinski definition) is 2. The number of amides is 1. The molecular weight excluding hydrogens is 298 g/mol. The molecule has 1 amide bonds. The number of aliphatic hydroxyl groups excluding tert-OH is 1. The first-order chi connectivity index (χ1) is 11.0. The summed E-state index contributed by atoms with van der Waals surface area (Å²) in [5, 5.41) is 23.3. The number of para-hydroxylation sites is 2. The van der Waals surface area contributed by atoms with E-state index in [9.17, 15) is 20.0 Å². The maximum Gasteiger partial charge on any atom is 0.292 e. The normalized spacial score (nSPS) is 20.7. The molecule has 2 unspecified atom stereocenters. The first kappa shape index (κ1) is 17.4. The summed E-state index contributed by atoms with van der Waals surface area (Å²) >= 11 is 0. The highest BCUT2D eigenvalue weighted by Crippen LogP contribution is 2.26. The van der Waals surface area contributed by atoms with E-state index in [0.29, 0.717) is 6.54 Å². The van der Waals surface area contributed by atoms with Gasteiger partial charge in [-0.3, -0.25) is 14.9 Å². The van der Waals surface area contributed by atoms with Gasteiger partial charge in [0.2, 0.25) is 5.91 Å². The fraction of sp³-hybridized carbons (Fsp3) is 0.562. The average molecular weight is 321 g/mol. The van der Waals surface area contributed by atoms with Crippen molar-refractivity contribution in [2.24, 2.45) is 5.92 Å². The molecule has 1 fully saturated rings.